The zero-order valence-electron chi connectivity index (χ0n) is 10.3. The van der Waals surface area contributed by atoms with Gasteiger partial charge in [0, 0.05) is 12.6 Å². The Morgan fingerprint density at radius 1 is 1.72 bits per heavy atom. The van der Waals surface area contributed by atoms with Crippen molar-refractivity contribution in [1.29, 1.82) is 0 Å². The predicted octanol–water partition coefficient (Wildman–Crippen LogP) is 1.04. The van der Waals surface area contributed by atoms with Crippen molar-refractivity contribution < 1.29 is 14.7 Å². The normalized spacial score (nSPS) is 16.3. The Hall–Kier alpha value is -1.85. The van der Waals surface area contributed by atoms with Crippen LogP contribution in [0.15, 0.2) is 12.5 Å². The van der Waals surface area contributed by atoms with Crippen LogP contribution in [0.2, 0.25) is 0 Å². The fourth-order valence-corrected chi connectivity index (χ4v) is 2.12. The summed E-state index contributed by atoms with van der Waals surface area (Å²) >= 11 is 0. The van der Waals surface area contributed by atoms with Gasteiger partial charge in [-0.15, -0.1) is 0 Å². The second-order valence-corrected chi connectivity index (χ2v) is 4.54. The van der Waals surface area contributed by atoms with Gasteiger partial charge in [0.1, 0.15) is 0 Å². The van der Waals surface area contributed by atoms with Gasteiger partial charge < -0.3 is 14.6 Å². The lowest BCUT2D eigenvalue weighted by Crippen LogP contribution is -2.36. The molecule has 98 valence electrons. The average Bonchev–Trinajstić information content (AvgIpc) is 3.08. The van der Waals surface area contributed by atoms with Crippen molar-refractivity contribution in [2.75, 3.05) is 0 Å². The number of carboxylic acids is 1. The number of hydrogen-bond acceptors (Lipinski definition) is 3. The number of aliphatic carboxylic acids is 1. The van der Waals surface area contributed by atoms with E-state index in [1.54, 1.807) is 10.9 Å². The van der Waals surface area contributed by atoms with Crippen molar-refractivity contribution in [2.45, 2.75) is 44.8 Å². The third-order valence-electron chi connectivity index (χ3n) is 3.11. The van der Waals surface area contributed by atoms with Gasteiger partial charge in [-0.1, -0.05) is 6.92 Å². The summed E-state index contributed by atoms with van der Waals surface area (Å²) in [6.07, 6.45) is 6.44. The van der Waals surface area contributed by atoms with Gasteiger partial charge in [-0.25, -0.2) is 9.78 Å². The lowest BCUT2D eigenvalue weighted by molar-refractivity contribution is -0.147. The number of carbonyl (C=O) groups is 2. The number of carboxylic acid groups (broad SMARTS) is 1. The molecule has 6 nitrogen and oxygen atoms in total. The standard InChI is InChI=1S/C12H17N3O3/c1-2-5-14-7-13-6-10(14)11(12(17)18)15(8-16)9-3-4-9/h6-9,11H,2-5H2,1H3,(H,17,18). The van der Waals surface area contributed by atoms with E-state index in [1.165, 1.54) is 11.1 Å². The minimum absolute atomic E-state index is 0.0635. The predicted molar refractivity (Wildman–Crippen MR) is 63.8 cm³/mol. The van der Waals surface area contributed by atoms with Crippen LogP contribution >= 0.6 is 0 Å². The Bertz CT molecular complexity index is 440. The molecule has 1 aromatic rings. The quantitative estimate of drug-likeness (QED) is 0.735. The van der Waals surface area contributed by atoms with E-state index >= 15 is 0 Å². The first-order valence-electron chi connectivity index (χ1n) is 6.14. The van der Waals surface area contributed by atoms with Crippen LogP contribution in [0.1, 0.15) is 37.9 Å². The summed E-state index contributed by atoms with van der Waals surface area (Å²) < 4.78 is 1.80. The number of hydrogen-bond donors (Lipinski definition) is 1. The summed E-state index contributed by atoms with van der Waals surface area (Å²) in [6, 6.07) is -0.863. The molecule has 6 heteroatoms. The van der Waals surface area contributed by atoms with Gasteiger partial charge >= 0.3 is 5.97 Å². The molecule has 1 fully saturated rings. The number of carbonyl (C=O) groups excluding carboxylic acids is 1. The van der Waals surface area contributed by atoms with Crippen LogP contribution in [-0.2, 0) is 16.1 Å². The van der Waals surface area contributed by atoms with E-state index in [0.717, 1.165) is 19.3 Å². The second kappa shape index (κ2) is 5.20. The molecule has 1 aliphatic rings. The Kier molecular flexibility index (Phi) is 3.64. The first-order valence-corrected chi connectivity index (χ1v) is 6.14. The molecule has 1 heterocycles. The maximum absolute atomic E-state index is 11.4. The summed E-state index contributed by atoms with van der Waals surface area (Å²) in [6.45, 7) is 2.72. The number of aromatic nitrogens is 2. The van der Waals surface area contributed by atoms with Crippen LogP contribution in [0, 0.1) is 0 Å². The fourth-order valence-electron chi connectivity index (χ4n) is 2.12. The molecule has 0 saturated heterocycles. The molecule has 1 unspecified atom stereocenters. The maximum Gasteiger partial charge on any atom is 0.332 e. The number of nitrogens with zero attached hydrogens (tertiary/aromatic N) is 3. The van der Waals surface area contributed by atoms with Gasteiger partial charge in [-0.05, 0) is 19.3 Å². The molecule has 0 spiro atoms. The van der Waals surface area contributed by atoms with Crippen LogP contribution in [0.5, 0.6) is 0 Å². The molecule has 1 amide bonds. The van der Waals surface area contributed by atoms with Crippen LogP contribution in [0.4, 0.5) is 0 Å². The topological polar surface area (TPSA) is 75.4 Å². The molecule has 1 N–H and O–H groups in total. The molecular formula is C12H17N3O3. The molecular weight excluding hydrogens is 234 g/mol. The molecule has 0 aromatic carbocycles. The first kappa shape index (κ1) is 12.6. The van der Waals surface area contributed by atoms with Crippen molar-refractivity contribution in [3.63, 3.8) is 0 Å². The highest BCUT2D eigenvalue weighted by Gasteiger charge is 2.38. The van der Waals surface area contributed by atoms with Gasteiger partial charge in [0.2, 0.25) is 6.41 Å². The van der Waals surface area contributed by atoms with Crippen LogP contribution in [0.25, 0.3) is 0 Å². The third kappa shape index (κ3) is 2.37. The fraction of sp³-hybridized carbons (Fsp3) is 0.583. The van der Waals surface area contributed by atoms with Gasteiger partial charge in [-0.3, -0.25) is 4.79 Å². The summed E-state index contributed by atoms with van der Waals surface area (Å²) in [5, 5.41) is 9.37. The maximum atomic E-state index is 11.4. The highest BCUT2D eigenvalue weighted by Crippen LogP contribution is 2.33. The molecule has 1 saturated carbocycles. The lowest BCUT2D eigenvalue weighted by Gasteiger charge is -2.25. The molecule has 0 aliphatic heterocycles. The van der Waals surface area contributed by atoms with Crippen LogP contribution in [0.3, 0.4) is 0 Å². The summed E-state index contributed by atoms with van der Waals surface area (Å²) in [4.78, 5) is 28.0. The summed E-state index contributed by atoms with van der Waals surface area (Å²) in [7, 11) is 0. The monoisotopic (exact) mass is 251 g/mol. The zero-order valence-corrected chi connectivity index (χ0v) is 10.3. The van der Waals surface area contributed by atoms with Crippen LogP contribution in [-0.4, -0.2) is 38.0 Å². The molecule has 2 rings (SSSR count). The second-order valence-electron chi connectivity index (χ2n) is 4.54. The first-order chi connectivity index (χ1) is 8.69. The Morgan fingerprint density at radius 3 is 2.94 bits per heavy atom. The van der Waals surface area contributed by atoms with Crippen molar-refractivity contribution in [2.24, 2.45) is 0 Å². The van der Waals surface area contributed by atoms with Crippen molar-refractivity contribution in [1.82, 2.24) is 14.5 Å². The van der Waals surface area contributed by atoms with E-state index in [-0.39, 0.29) is 6.04 Å². The van der Waals surface area contributed by atoms with Gasteiger partial charge in [0.05, 0.1) is 18.2 Å². The van der Waals surface area contributed by atoms with Crippen molar-refractivity contribution in [3.05, 3.63) is 18.2 Å². The van der Waals surface area contributed by atoms with Gasteiger partial charge in [0.25, 0.3) is 0 Å². The van der Waals surface area contributed by atoms with E-state index in [9.17, 15) is 14.7 Å². The van der Waals surface area contributed by atoms with Gasteiger partial charge in [0.15, 0.2) is 6.04 Å². The van der Waals surface area contributed by atoms with Gasteiger partial charge in [-0.2, -0.15) is 0 Å². The van der Waals surface area contributed by atoms with Crippen molar-refractivity contribution >= 4 is 12.4 Å². The molecule has 1 aliphatic carbocycles. The Labute approximate surface area is 105 Å². The largest absolute Gasteiger partial charge is 0.479 e. The molecule has 1 aromatic heterocycles. The highest BCUT2D eigenvalue weighted by atomic mass is 16.4. The zero-order chi connectivity index (χ0) is 13.1. The highest BCUT2D eigenvalue weighted by molar-refractivity contribution is 5.77. The van der Waals surface area contributed by atoms with Crippen molar-refractivity contribution in [3.8, 4) is 0 Å². The molecule has 1 atom stereocenters. The smallest absolute Gasteiger partial charge is 0.332 e. The van der Waals surface area contributed by atoms with Crippen LogP contribution < -0.4 is 0 Å². The number of imidazole rings is 1. The Balaban J connectivity index is 2.30. The number of aryl methyl sites for hydroxylation is 1. The molecule has 0 radical (unpaired) electrons. The summed E-state index contributed by atoms with van der Waals surface area (Å²) in [5.41, 5.74) is 0.573. The average molecular weight is 251 g/mol. The van der Waals surface area contributed by atoms with E-state index in [4.69, 9.17) is 0 Å². The van der Waals surface area contributed by atoms with E-state index in [1.807, 2.05) is 6.92 Å². The minimum atomic E-state index is -1.01. The van der Waals surface area contributed by atoms with E-state index in [0.29, 0.717) is 18.6 Å². The minimum Gasteiger partial charge on any atom is -0.479 e. The number of amides is 1. The SMILES string of the molecule is CCCn1cncc1C(C(=O)O)N(C=O)C1CC1. The molecule has 0 bridgehead atoms. The van der Waals surface area contributed by atoms with E-state index < -0.39 is 12.0 Å². The Morgan fingerprint density at radius 2 is 2.44 bits per heavy atom. The van der Waals surface area contributed by atoms with E-state index in [2.05, 4.69) is 4.98 Å². The summed E-state index contributed by atoms with van der Waals surface area (Å²) in [5.74, 6) is -1.01. The molecule has 18 heavy (non-hydrogen) atoms. The third-order valence-corrected chi connectivity index (χ3v) is 3.11. The number of rotatable bonds is 7. The lowest BCUT2D eigenvalue weighted by atomic mass is 10.2.